The molecule has 7 heteroatoms. The Morgan fingerprint density at radius 3 is 2.59 bits per heavy atom. The molecule has 1 N–H and O–H groups in total. The highest BCUT2D eigenvalue weighted by atomic mass is 32.1. The van der Waals surface area contributed by atoms with Crippen LogP contribution in [0.3, 0.4) is 0 Å². The van der Waals surface area contributed by atoms with Crippen LogP contribution in [0.25, 0.3) is 21.3 Å². The number of benzene rings is 2. The number of carbonyl (C=O) groups excluding carboxylic acids is 1. The highest BCUT2D eigenvalue weighted by Gasteiger charge is 2.21. The number of nitrogens with one attached hydrogen (secondary N) is 1. The molecule has 1 fully saturated rings. The molecule has 0 unspecified atom stereocenters. The van der Waals surface area contributed by atoms with Gasteiger partial charge in [0, 0.05) is 18.7 Å². The van der Waals surface area contributed by atoms with Gasteiger partial charge in [0.25, 0.3) is 5.91 Å². The Labute approximate surface area is 159 Å². The minimum atomic E-state index is -0.185. The number of nitrogens with zero attached hydrogens (tertiary/aromatic N) is 4. The van der Waals surface area contributed by atoms with Crippen molar-refractivity contribution in [1.29, 1.82) is 0 Å². The second kappa shape index (κ2) is 6.59. The summed E-state index contributed by atoms with van der Waals surface area (Å²) in [4.78, 5) is 28.8. The molecule has 1 amide bonds. The lowest BCUT2D eigenvalue weighted by atomic mass is 10.2. The monoisotopic (exact) mass is 375 g/mol. The van der Waals surface area contributed by atoms with Crippen molar-refractivity contribution in [2.45, 2.75) is 12.8 Å². The average Bonchev–Trinajstić information content (AvgIpc) is 3.38. The molecule has 1 aliphatic heterocycles. The van der Waals surface area contributed by atoms with Crippen LogP contribution in [0.4, 0.5) is 11.6 Å². The maximum absolute atomic E-state index is 12.9. The molecule has 6 nitrogen and oxygen atoms in total. The van der Waals surface area contributed by atoms with Gasteiger partial charge in [0.2, 0.25) is 0 Å². The molecule has 0 aliphatic carbocycles. The van der Waals surface area contributed by atoms with Gasteiger partial charge in [-0.15, -0.1) is 11.3 Å². The van der Waals surface area contributed by atoms with Crippen molar-refractivity contribution < 1.29 is 4.79 Å². The molecular weight excluding hydrogens is 358 g/mol. The van der Waals surface area contributed by atoms with Gasteiger partial charge in [-0.2, -0.15) is 0 Å². The molecule has 0 atom stereocenters. The largest absolute Gasteiger partial charge is 0.354 e. The lowest BCUT2D eigenvalue weighted by Gasteiger charge is -2.20. The molecule has 27 heavy (non-hydrogen) atoms. The van der Waals surface area contributed by atoms with Gasteiger partial charge in [0.1, 0.15) is 0 Å². The molecule has 2 aromatic carbocycles. The molecule has 4 aromatic rings. The molecule has 5 rings (SSSR count). The van der Waals surface area contributed by atoms with Gasteiger partial charge in [-0.1, -0.05) is 12.1 Å². The molecule has 3 heterocycles. The summed E-state index contributed by atoms with van der Waals surface area (Å²) in [6, 6.07) is 13.3. The van der Waals surface area contributed by atoms with Crippen LogP contribution in [-0.4, -0.2) is 33.9 Å². The SMILES string of the molecule is O=C(Nc1nc2ccccc2nc1N1CCCC1)c1ccc2ncsc2c1. The van der Waals surface area contributed by atoms with E-state index in [0.717, 1.165) is 53.0 Å². The standard InChI is InChI=1S/C20H17N5OS/c26-20(13-7-8-16-17(11-13)27-12-21-16)24-18-19(25-9-3-4-10-25)23-15-6-2-1-5-14(15)22-18/h1-2,5-8,11-12H,3-4,9-10H2,(H,22,24,26). The van der Waals surface area contributed by atoms with Crippen LogP contribution in [0.15, 0.2) is 48.0 Å². The zero-order chi connectivity index (χ0) is 18.2. The molecule has 2 aromatic heterocycles. The second-order valence-electron chi connectivity index (χ2n) is 6.57. The number of anilines is 2. The molecule has 0 saturated carbocycles. The van der Waals surface area contributed by atoms with Gasteiger partial charge < -0.3 is 10.2 Å². The Hall–Kier alpha value is -3.06. The summed E-state index contributed by atoms with van der Waals surface area (Å²) in [6.07, 6.45) is 2.26. The van der Waals surface area contributed by atoms with Crippen molar-refractivity contribution in [2.75, 3.05) is 23.3 Å². The smallest absolute Gasteiger partial charge is 0.256 e. The summed E-state index contributed by atoms with van der Waals surface area (Å²) in [6.45, 7) is 1.87. The summed E-state index contributed by atoms with van der Waals surface area (Å²) < 4.78 is 0.993. The predicted octanol–water partition coefficient (Wildman–Crippen LogP) is 4.09. The van der Waals surface area contributed by atoms with Gasteiger partial charge >= 0.3 is 0 Å². The number of hydrogen-bond acceptors (Lipinski definition) is 6. The first kappa shape index (κ1) is 16.1. The van der Waals surface area contributed by atoms with Crippen LogP contribution < -0.4 is 10.2 Å². The Kier molecular flexibility index (Phi) is 3.94. The van der Waals surface area contributed by atoms with Crippen LogP contribution in [0.2, 0.25) is 0 Å². The summed E-state index contributed by atoms with van der Waals surface area (Å²) in [5, 5.41) is 2.98. The molecule has 1 saturated heterocycles. The van der Waals surface area contributed by atoms with Crippen molar-refractivity contribution in [3.8, 4) is 0 Å². The number of thiazole rings is 1. The van der Waals surface area contributed by atoms with E-state index >= 15 is 0 Å². The van der Waals surface area contributed by atoms with E-state index in [1.165, 1.54) is 11.3 Å². The number of hydrogen-bond donors (Lipinski definition) is 1. The number of carbonyl (C=O) groups is 1. The minimum Gasteiger partial charge on any atom is -0.354 e. The normalized spacial score (nSPS) is 14.1. The Morgan fingerprint density at radius 2 is 1.78 bits per heavy atom. The summed E-state index contributed by atoms with van der Waals surface area (Å²) in [5.41, 5.74) is 4.89. The quantitative estimate of drug-likeness (QED) is 0.584. The summed E-state index contributed by atoms with van der Waals surface area (Å²) in [7, 11) is 0. The van der Waals surface area contributed by atoms with E-state index in [2.05, 4.69) is 15.2 Å². The lowest BCUT2D eigenvalue weighted by Crippen LogP contribution is -2.23. The van der Waals surface area contributed by atoms with Crippen molar-refractivity contribution >= 4 is 50.1 Å². The number of amides is 1. The first-order valence-electron chi connectivity index (χ1n) is 8.94. The van der Waals surface area contributed by atoms with Crippen molar-refractivity contribution in [3.05, 3.63) is 53.5 Å². The van der Waals surface area contributed by atoms with Crippen LogP contribution in [0.5, 0.6) is 0 Å². The van der Waals surface area contributed by atoms with Gasteiger partial charge in [-0.3, -0.25) is 4.79 Å². The van der Waals surface area contributed by atoms with E-state index in [1.54, 1.807) is 11.6 Å². The average molecular weight is 375 g/mol. The van der Waals surface area contributed by atoms with E-state index in [1.807, 2.05) is 36.4 Å². The zero-order valence-corrected chi connectivity index (χ0v) is 15.4. The predicted molar refractivity (Wildman–Crippen MR) is 109 cm³/mol. The minimum absolute atomic E-state index is 0.185. The van der Waals surface area contributed by atoms with E-state index in [0.29, 0.717) is 11.4 Å². The topological polar surface area (TPSA) is 71.0 Å². The fourth-order valence-electron chi connectivity index (χ4n) is 3.40. The number of fused-ring (bicyclic) bond motifs is 2. The first-order valence-corrected chi connectivity index (χ1v) is 9.82. The molecule has 0 bridgehead atoms. The van der Waals surface area contributed by atoms with Crippen molar-refractivity contribution in [3.63, 3.8) is 0 Å². The second-order valence-corrected chi connectivity index (χ2v) is 7.45. The van der Waals surface area contributed by atoms with Crippen LogP contribution >= 0.6 is 11.3 Å². The highest BCUT2D eigenvalue weighted by Crippen LogP contribution is 2.28. The molecule has 0 radical (unpaired) electrons. The first-order chi connectivity index (χ1) is 13.3. The Bertz CT molecular complexity index is 1150. The maximum atomic E-state index is 12.9. The fourth-order valence-corrected chi connectivity index (χ4v) is 4.12. The molecule has 0 spiro atoms. The highest BCUT2D eigenvalue weighted by molar-refractivity contribution is 7.16. The third-order valence-corrected chi connectivity index (χ3v) is 5.57. The lowest BCUT2D eigenvalue weighted by molar-refractivity contribution is 0.102. The molecular formula is C20H17N5OS. The summed E-state index contributed by atoms with van der Waals surface area (Å²) >= 11 is 1.52. The number of rotatable bonds is 3. The fraction of sp³-hybridized carbons (Fsp3) is 0.200. The number of para-hydroxylation sites is 2. The van der Waals surface area contributed by atoms with Gasteiger partial charge in [-0.25, -0.2) is 15.0 Å². The molecule has 134 valence electrons. The van der Waals surface area contributed by atoms with Crippen LogP contribution in [0, 0.1) is 0 Å². The Morgan fingerprint density at radius 1 is 1.00 bits per heavy atom. The zero-order valence-electron chi connectivity index (χ0n) is 14.6. The van der Waals surface area contributed by atoms with Crippen molar-refractivity contribution in [1.82, 2.24) is 15.0 Å². The van der Waals surface area contributed by atoms with E-state index in [4.69, 9.17) is 9.97 Å². The van der Waals surface area contributed by atoms with Crippen LogP contribution in [-0.2, 0) is 0 Å². The van der Waals surface area contributed by atoms with E-state index in [-0.39, 0.29) is 5.91 Å². The summed E-state index contributed by atoms with van der Waals surface area (Å²) in [5.74, 6) is 1.08. The van der Waals surface area contributed by atoms with E-state index in [9.17, 15) is 4.79 Å². The van der Waals surface area contributed by atoms with Gasteiger partial charge in [0.15, 0.2) is 11.6 Å². The van der Waals surface area contributed by atoms with Crippen molar-refractivity contribution in [2.24, 2.45) is 0 Å². The van der Waals surface area contributed by atoms with E-state index < -0.39 is 0 Å². The molecule has 1 aliphatic rings. The third kappa shape index (κ3) is 3.00. The van der Waals surface area contributed by atoms with Gasteiger partial charge in [0.05, 0.1) is 26.8 Å². The van der Waals surface area contributed by atoms with Gasteiger partial charge in [-0.05, 0) is 43.2 Å². The third-order valence-electron chi connectivity index (χ3n) is 4.78. The maximum Gasteiger partial charge on any atom is 0.256 e. The Balaban J connectivity index is 1.54. The number of aromatic nitrogens is 3. The van der Waals surface area contributed by atoms with Crippen LogP contribution in [0.1, 0.15) is 23.2 Å².